The Morgan fingerprint density at radius 3 is 2.29 bits per heavy atom. The number of hydrogen-bond acceptors (Lipinski definition) is 6. The number of methoxy groups -OCH3 is 2. The third kappa shape index (κ3) is 5.38. The molecule has 28 heavy (non-hydrogen) atoms. The first-order valence-electron chi connectivity index (χ1n) is 10.6. The van der Waals surface area contributed by atoms with Crippen molar-refractivity contribution in [3.05, 3.63) is 23.8 Å². The summed E-state index contributed by atoms with van der Waals surface area (Å²) in [7, 11) is 3.38. The minimum absolute atomic E-state index is 0.312. The Labute approximate surface area is 170 Å². The summed E-state index contributed by atoms with van der Waals surface area (Å²) in [5, 5.41) is 3.86. The summed E-state index contributed by atoms with van der Waals surface area (Å²) in [5.41, 5.74) is 1.27. The highest BCUT2D eigenvalue weighted by molar-refractivity contribution is 5.44. The number of nitrogens with zero attached hydrogens (tertiary/aromatic N) is 2. The van der Waals surface area contributed by atoms with Crippen molar-refractivity contribution in [3.63, 3.8) is 0 Å². The van der Waals surface area contributed by atoms with Crippen LogP contribution >= 0.6 is 0 Å². The van der Waals surface area contributed by atoms with Crippen molar-refractivity contribution in [2.45, 2.75) is 44.8 Å². The minimum atomic E-state index is 0.312. The smallest absolute Gasteiger partial charge is 0.161 e. The summed E-state index contributed by atoms with van der Waals surface area (Å²) < 4.78 is 16.6. The van der Waals surface area contributed by atoms with Crippen LogP contribution in [0.2, 0.25) is 0 Å². The van der Waals surface area contributed by atoms with E-state index in [1.807, 2.05) is 6.07 Å². The summed E-state index contributed by atoms with van der Waals surface area (Å²) in [6.45, 7) is 11.4. The summed E-state index contributed by atoms with van der Waals surface area (Å²) >= 11 is 0. The SMILES string of the molecule is COc1ccc(C(CNC2CCN(C(C)C)CC2)N2CCOCC2)cc1OC. The molecule has 6 heteroatoms. The standard InChI is InChI=1S/C22H37N3O3/c1-17(2)24-9-7-19(8-10-24)23-16-20(25-11-13-28-14-12-25)18-5-6-21(26-3)22(15-18)27-4/h5-6,15,17,19-20,23H,7-14,16H2,1-4H3. The first kappa shape index (κ1) is 21.4. The van der Waals surface area contributed by atoms with Gasteiger partial charge in [-0.05, 0) is 57.5 Å². The van der Waals surface area contributed by atoms with Crippen LogP contribution in [-0.4, -0.2) is 82.0 Å². The van der Waals surface area contributed by atoms with E-state index in [0.29, 0.717) is 18.1 Å². The van der Waals surface area contributed by atoms with E-state index in [-0.39, 0.29) is 0 Å². The predicted molar refractivity (Wildman–Crippen MR) is 112 cm³/mol. The van der Waals surface area contributed by atoms with Gasteiger partial charge >= 0.3 is 0 Å². The molecule has 1 aromatic carbocycles. The van der Waals surface area contributed by atoms with Crippen molar-refractivity contribution >= 4 is 0 Å². The van der Waals surface area contributed by atoms with E-state index in [4.69, 9.17) is 14.2 Å². The summed E-state index contributed by atoms with van der Waals surface area (Å²) in [5.74, 6) is 1.57. The molecule has 2 heterocycles. The van der Waals surface area contributed by atoms with E-state index in [0.717, 1.165) is 44.3 Å². The number of hydrogen-bond donors (Lipinski definition) is 1. The summed E-state index contributed by atoms with van der Waals surface area (Å²) in [6.07, 6.45) is 2.44. The van der Waals surface area contributed by atoms with Crippen molar-refractivity contribution in [1.82, 2.24) is 15.1 Å². The monoisotopic (exact) mass is 391 g/mol. The molecule has 0 bridgehead atoms. The van der Waals surface area contributed by atoms with E-state index < -0.39 is 0 Å². The van der Waals surface area contributed by atoms with Crippen molar-refractivity contribution in [3.8, 4) is 11.5 Å². The lowest BCUT2D eigenvalue weighted by molar-refractivity contribution is 0.0150. The maximum Gasteiger partial charge on any atom is 0.161 e. The van der Waals surface area contributed by atoms with Crippen LogP contribution in [-0.2, 0) is 4.74 Å². The van der Waals surface area contributed by atoms with Gasteiger partial charge < -0.3 is 24.4 Å². The van der Waals surface area contributed by atoms with Crippen LogP contribution in [0.4, 0.5) is 0 Å². The fourth-order valence-corrected chi connectivity index (χ4v) is 4.31. The molecule has 0 saturated carbocycles. The number of likely N-dealkylation sites (tertiary alicyclic amines) is 1. The molecule has 0 aliphatic carbocycles. The van der Waals surface area contributed by atoms with Gasteiger partial charge in [0.1, 0.15) is 0 Å². The zero-order valence-electron chi connectivity index (χ0n) is 17.9. The van der Waals surface area contributed by atoms with E-state index in [2.05, 4.69) is 41.1 Å². The summed E-state index contributed by atoms with van der Waals surface area (Å²) in [4.78, 5) is 5.10. The van der Waals surface area contributed by atoms with Crippen molar-refractivity contribution in [1.29, 1.82) is 0 Å². The van der Waals surface area contributed by atoms with E-state index in [9.17, 15) is 0 Å². The first-order chi connectivity index (χ1) is 13.6. The number of ether oxygens (including phenoxy) is 3. The van der Waals surface area contributed by atoms with E-state index >= 15 is 0 Å². The number of benzene rings is 1. The molecule has 1 unspecified atom stereocenters. The molecule has 2 saturated heterocycles. The van der Waals surface area contributed by atoms with Gasteiger partial charge in [0.2, 0.25) is 0 Å². The highest BCUT2D eigenvalue weighted by Crippen LogP contribution is 2.32. The molecule has 2 fully saturated rings. The Morgan fingerprint density at radius 1 is 1.00 bits per heavy atom. The Kier molecular flexibility index (Phi) is 7.97. The molecule has 0 spiro atoms. The third-order valence-electron chi connectivity index (χ3n) is 6.14. The zero-order chi connectivity index (χ0) is 19.9. The molecule has 0 amide bonds. The second-order valence-electron chi connectivity index (χ2n) is 8.09. The Morgan fingerprint density at radius 2 is 1.68 bits per heavy atom. The van der Waals surface area contributed by atoms with Gasteiger partial charge in [-0.1, -0.05) is 6.07 Å². The number of piperidine rings is 1. The van der Waals surface area contributed by atoms with Crippen LogP contribution in [0.15, 0.2) is 18.2 Å². The van der Waals surface area contributed by atoms with Crippen molar-refractivity contribution < 1.29 is 14.2 Å². The van der Waals surface area contributed by atoms with Crippen LogP contribution in [0, 0.1) is 0 Å². The Balaban J connectivity index is 1.68. The maximum atomic E-state index is 5.58. The van der Waals surface area contributed by atoms with Crippen LogP contribution in [0.1, 0.15) is 38.3 Å². The second-order valence-corrected chi connectivity index (χ2v) is 8.09. The second kappa shape index (κ2) is 10.4. The van der Waals surface area contributed by atoms with Gasteiger partial charge in [-0.25, -0.2) is 0 Å². The summed E-state index contributed by atoms with van der Waals surface area (Å²) in [6, 6.07) is 7.87. The number of rotatable bonds is 8. The van der Waals surface area contributed by atoms with E-state index in [1.54, 1.807) is 14.2 Å². The first-order valence-corrected chi connectivity index (χ1v) is 10.6. The zero-order valence-corrected chi connectivity index (χ0v) is 17.9. The number of nitrogens with one attached hydrogen (secondary N) is 1. The van der Waals surface area contributed by atoms with Gasteiger partial charge in [-0.15, -0.1) is 0 Å². The van der Waals surface area contributed by atoms with Gasteiger partial charge in [0.15, 0.2) is 11.5 Å². The number of morpholine rings is 1. The lowest BCUT2D eigenvalue weighted by atomic mass is 10.0. The fourth-order valence-electron chi connectivity index (χ4n) is 4.31. The molecule has 6 nitrogen and oxygen atoms in total. The van der Waals surface area contributed by atoms with Gasteiger partial charge in [-0.3, -0.25) is 4.90 Å². The minimum Gasteiger partial charge on any atom is -0.493 e. The fraction of sp³-hybridized carbons (Fsp3) is 0.727. The van der Waals surface area contributed by atoms with Gasteiger partial charge in [0.25, 0.3) is 0 Å². The molecular weight excluding hydrogens is 354 g/mol. The Hall–Kier alpha value is -1.34. The topological polar surface area (TPSA) is 46.2 Å². The molecule has 2 aliphatic heterocycles. The van der Waals surface area contributed by atoms with Crippen LogP contribution < -0.4 is 14.8 Å². The van der Waals surface area contributed by atoms with Crippen molar-refractivity contribution in [2.75, 3.05) is 60.2 Å². The molecule has 0 aromatic heterocycles. The quantitative estimate of drug-likeness (QED) is 0.735. The van der Waals surface area contributed by atoms with Crippen LogP contribution in [0.3, 0.4) is 0 Å². The van der Waals surface area contributed by atoms with Crippen molar-refractivity contribution in [2.24, 2.45) is 0 Å². The molecule has 0 radical (unpaired) electrons. The molecule has 158 valence electrons. The highest BCUT2D eigenvalue weighted by Gasteiger charge is 2.26. The van der Waals surface area contributed by atoms with Crippen LogP contribution in [0.25, 0.3) is 0 Å². The highest BCUT2D eigenvalue weighted by atomic mass is 16.5. The van der Waals surface area contributed by atoms with Gasteiger partial charge in [-0.2, -0.15) is 0 Å². The van der Waals surface area contributed by atoms with E-state index in [1.165, 1.54) is 31.5 Å². The average Bonchev–Trinajstić information content (AvgIpc) is 2.74. The molecule has 1 atom stereocenters. The lowest BCUT2D eigenvalue weighted by Crippen LogP contribution is -2.48. The van der Waals surface area contributed by atoms with Gasteiger partial charge in [0.05, 0.1) is 27.4 Å². The largest absolute Gasteiger partial charge is 0.493 e. The van der Waals surface area contributed by atoms with Crippen LogP contribution in [0.5, 0.6) is 11.5 Å². The molecule has 2 aliphatic rings. The normalized spacial score (nSPS) is 21.0. The molecular formula is C22H37N3O3. The lowest BCUT2D eigenvalue weighted by Gasteiger charge is -2.38. The van der Waals surface area contributed by atoms with Gasteiger partial charge in [0, 0.05) is 37.8 Å². The maximum absolute atomic E-state index is 5.58. The molecule has 1 aromatic rings. The molecule has 1 N–H and O–H groups in total. The third-order valence-corrected chi connectivity index (χ3v) is 6.14. The predicted octanol–water partition coefficient (Wildman–Crippen LogP) is 2.54. The average molecular weight is 392 g/mol. The Bertz CT molecular complexity index is 597. The molecule has 3 rings (SSSR count).